The van der Waals surface area contributed by atoms with E-state index in [1.807, 2.05) is 6.92 Å². The van der Waals surface area contributed by atoms with Gasteiger partial charge in [-0.2, -0.15) is 0 Å². The highest BCUT2D eigenvalue weighted by Crippen LogP contribution is 2.30. The Hall–Kier alpha value is -1.55. The number of hydrogen-bond donors (Lipinski definition) is 1. The van der Waals surface area contributed by atoms with Gasteiger partial charge in [0.2, 0.25) is 0 Å². The standard InChI is InChI=1S/C12H12ClFN2O/c1-2-3-8-11(17-16-12(8)15)7-4-5-9(13)10(14)6-7/h4-6H,2-3H2,1H3,(H2,15,16). The van der Waals surface area contributed by atoms with Crippen LogP contribution in [0.5, 0.6) is 0 Å². The largest absolute Gasteiger partial charge is 0.381 e. The van der Waals surface area contributed by atoms with Gasteiger partial charge in [-0.15, -0.1) is 0 Å². The molecule has 0 aliphatic carbocycles. The monoisotopic (exact) mass is 254 g/mol. The predicted molar refractivity (Wildman–Crippen MR) is 65.3 cm³/mol. The minimum absolute atomic E-state index is 0.0817. The summed E-state index contributed by atoms with van der Waals surface area (Å²) >= 11 is 5.63. The fourth-order valence-electron chi connectivity index (χ4n) is 1.68. The number of benzene rings is 1. The molecular formula is C12H12ClFN2O. The zero-order valence-corrected chi connectivity index (χ0v) is 10.1. The average molecular weight is 255 g/mol. The lowest BCUT2D eigenvalue weighted by atomic mass is 10.0. The predicted octanol–water partition coefficient (Wildman–Crippen LogP) is 3.67. The van der Waals surface area contributed by atoms with E-state index < -0.39 is 5.82 Å². The fourth-order valence-corrected chi connectivity index (χ4v) is 1.79. The molecule has 0 aliphatic heterocycles. The summed E-state index contributed by atoms with van der Waals surface area (Å²) in [5, 5.41) is 3.79. The molecule has 0 saturated carbocycles. The van der Waals surface area contributed by atoms with Crippen molar-refractivity contribution in [3.63, 3.8) is 0 Å². The van der Waals surface area contributed by atoms with E-state index >= 15 is 0 Å². The van der Waals surface area contributed by atoms with Crippen molar-refractivity contribution in [1.82, 2.24) is 5.16 Å². The highest BCUT2D eigenvalue weighted by atomic mass is 35.5. The molecule has 2 N–H and O–H groups in total. The Morgan fingerprint density at radius 3 is 2.88 bits per heavy atom. The van der Waals surface area contributed by atoms with Crippen LogP contribution in [0, 0.1) is 5.82 Å². The lowest BCUT2D eigenvalue weighted by Gasteiger charge is -2.01. The Morgan fingerprint density at radius 2 is 2.24 bits per heavy atom. The van der Waals surface area contributed by atoms with E-state index in [0.29, 0.717) is 17.1 Å². The van der Waals surface area contributed by atoms with Crippen molar-refractivity contribution in [3.8, 4) is 11.3 Å². The molecule has 0 saturated heterocycles. The van der Waals surface area contributed by atoms with E-state index in [4.69, 9.17) is 21.9 Å². The Kier molecular flexibility index (Phi) is 3.33. The maximum Gasteiger partial charge on any atom is 0.172 e. The second kappa shape index (κ2) is 4.75. The van der Waals surface area contributed by atoms with Crippen LogP contribution in [0.25, 0.3) is 11.3 Å². The molecule has 0 bridgehead atoms. The van der Waals surface area contributed by atoms with Crippen LogP contribution >= 0.6 is 11.6 Å². The number of nitrogens with two attached hydrogens (primary N) is 1. The van der Waals surface area contributed by atoms with Crippen molar-refractivity contribution in [2.24, 2.45) is 0 Å². The molecule has 2 aromatic rings. The summed E-state index contributed by atoms with van der Waals surface area (Å²) in [6, 6.07) is 4.49. The summed E-state index contributed by atoms with van der Waals surface area (Å²) in [5.41, 5.74) is 7.12. The smallest absolute Gasteiger partial charge is 0.172 e. The maximum absolute atomic E-state index is 13.4. The van der Waals surface area contributed by atoms with E-state index in [0.717, 1.165) is 18.4 Å². The summed E-state index contributed by atoms with van der Waals surface area (Å²) in [5.74, 6) is 0.388. The van der Waals surface area contributed by atoms with Gasteiger partial charge in [0.05, 0.1) is 5.02 Å². The number of anilines is 1. The molecule has 0 radical (unpaired) electrons. The SMILES string of the molecule is CCCc1c(N)noc1-c1ccc(Cl)c(F)c1. The summed E-state index contributed by atoms with van der Waals surface area (Å²) in [7, 11) is 0. The van der Waals surface area contributed by atoms with Crippen molar-refractivity contribution in [1.29, 1.82) is 0 Å². The van der Waals surface area contributed by atoms with Crippen LogP contribution in [-0.4, -0.2) is 5.16 Å². The number of nitrogens with zero attached hydrogens (tertiary/aromatic N) is 1. The third kappa shape index (κ3) is 2.26. The second-order valence-corrected chi connectivity index (χ2v) is 4.16. The van der Waals surface area contributed by atoms with E-state index in [1.54, 1.807) is 6.07 Å². The molecule has 1 heterocycles. The molecule has 0 fully saturated rings. The van der Waals surface area contributed by atoms with E-state index in [-0.39, 0.29) is 5.02 Å². The fraction of sp³-hybridized carbons (Fsp3) is 0.250. The average Bonchev–Trinajstić information content (AvgIpc) is 2.66. The number of hydrogen-bond acceptors (Lipinski definition) is 3. The highest BCUT2D eigenvalue weighted by Gasteiger charge is 2.15. The normalized spacial score (nSPS) is 10.8. The molecule has 2 rings (SSSR count). The van der Waals surface area contributed by atoms with Crippen molar-refractivity contribution in [3.05, 3.63) is 34.6 Å². The van der Waals surface area contributed by atoms with Crippen LogP contribution in [-0.2, 0) is 6.42 Å². The van der Waals surface area contributed by atoms with Crippen LogP contribution in [0.2, 0.25) is 5.02 Å². The molecular weight excluding hydrogens is 243 g/mol. The van der Waals surface area contributed by atoms with Crippen LogP contribution in [0.3, 0.4) is 0 Å². The first-order chi connectivity index (χ1) is 8.13. The molecule has 90 valence electrons. The molecule has 1 aromatic carbocycles. The van der Waals surface area contributed by atoms with Crippen molar-refractivity contribution in [2.75, 3.05) is 5.73 Å². The Balaban J connectivity index is 2.48. The van der Waals surface area contributed by atoms with Gasteiger partial charge in [0.25, 0.3) is 0 Å². The van der Waals surface area contributed by atoms with E-state index in [1.165, 1.54) is 12.1 Å². The van der Waals surface area contributed by atoms with Crippen LogP contribution in [0.15, 0.2) is 22.7 Å². The minimum Gasteiger partial charge on any atom is -0.381 e. The zero-order chi connectivity index (χ0) is 12.4. The summed E-state index contributed by atoms with van der Waals surface area (Å²) in [6.45, 7) is 2.03. The van der Waals surface area contributed by atoms with Gasteiger partial charge < -0.3 is 10.3 Å². The van der Waals surface area contributed by atoms with Crippen LogP contribution in [0.4, 0.5) is 10.2 Å². The van der Waals surface area contributed by atoms with Gasteiger partial charge in [-0.25, -0.2) is 4.39 Å². The first kappa shape index (κ1) is 11.9. The Bertz CT molecular complexity index is 539. The van der Waals surface area contributed by atoms with Crippen LogP contribution < -0.4 is 5.73 Å². The topological polar surface area (TPSA) is 52.0 Å². The number of aromatic nitrogens is 1. The number of halogens is 2. The third-order valence-corrected chi connectivity index (χ3v) is 2.81. The molecule has 5 heteroatoms. The first-order valence-corrected chi connectivity index (χ1v) is 5.70. The lowest BCUT2D eigenvalue weighted by Crippen LogP contribution is -1.93. The summed E-state index contributed by atoms with van der Waals surface area (Å²) in [6.07, 6.45) is 1.66. The third-order valence-electron chi connectivity index (χ3n) is 2.50. The van der Waals surface area contributed by atoms with Crippen LogP contribution in [0.1, 0.15) is 18.9 Å². The number of nitrogen functional groups attached to an aromatic ring is 1. The second-order valence-electron chi connectivity index (χ2n) is 3.75. The lowest BCUT2D eigenvalue weighted by molar-refractivity contribution is 0.434. The van der Waals surface area contributed by atoms with Gasteiger partial charge in [0.1, 0.15) is 5.82 Å². The van der Waals surface area contributed by atoms with E-state index in [9.17, 15) is 4.39 Å². The summed E-state index contributed by atoms with van der Waals surface area (Å²) < 4.78 is 18.5. The molecule has 17 heavy (non-hydrogen) atoms. The van der Waals surface area contributed by atoms with Gasteiger partial charge in [-0.1, -0.05) is 30.1 Å². The molecule has 0 aliphatic rings. The first-order valence-electron chi connectivity index (χ1n) is 5.33. The van der Waals surface area contributed by atoms with Gasteiger partial charge in [0, 0.05) is 11.1 Å². The van der Waals surface area contributed by atoms with Gasteiger partial charge in [-0.3, -0.25) is 0 Å². The minimum atomic E-state index is -0.485. The van der Waals surface area contributed by atoms with Crippen molar-refractivity contribution >= 4 is 17.4 Å². The molecule has 3 nitrogen and oxygen atoms in total. The molecule has 0 atom stereocenters. The van der Waals surface area contributed by atoms with E-state index in [2.05, 4.69) is 5.16 Å². The van der Waals surface area contributed by atoms with Gasteiger partial charge in [0.15, 0.2) is 11.6 Å². The highest BCUT2D eigenvalue weighted by molar-refractivity contribution is 6.30. The summed E-state index contributed by atoms with van der Waals surface area (Å²) in [4.78, 5) is 0. The molecule has 0 unspecified atom stereocenters. The van der Waals surface area contributed by atoms with Crippen molar-refractivity contribution < 1.29 is 8.91 Å². The molecule has 1 aromatic heterocycles. The zero-order valence-electron chi connectivity index (χ0n) is 9.34. The molecule has 0 amide bonds. The van der Waals surface area contributed by atoms with Gasteiger partial charge in [-0.05, 0) is 24.6 Å². The molecule has 0 spiro atoms. The number of rotatable bonds is 3. The van der Waals surface area contributed by atoms with Crippen molar-refractivity contribution in [2.45, 2.75) is 19.8 Å². The maximum atomic E-state index is 13.4. The quantitative estimate of drug-likeness (QED) is 0.909. The Labute approximate surface area is 103 Å². The van der Waals surface area contributed by atoms with Gasteiger partial charge >= 0.3 is 0 Å². The Morgan fingerprint density at radius 1 is 1.47 bits per heavy atom.